The summed E-state index contributed by atoms with van der Waals surface area (Å²) in [5.41, 5.74) is 4.79. The van der Waals surface area contributed by atoms with Gasteiger partial charge in [-0.15, -0.1) is 0 Å². The third-order valence-corrected chi connectivity index (χ3v) is 4.44. The zero-order valence-electron chi connectivity index (χ0n) is 14.2. The van der Waals surface area contributed by atoms with Gasteiger partial charge in [0.2, 0.25) is 0 Å². The van der Waals surface area contributed by atoms with Crippen LogP contribution in [-0.4, -0.2) is 4.98 Å². The van der Waals surface area contributed by atoms with Gasteiger partial charge in [0.1, 0.15) is 0 Å². The van der Waals surface area contributed by atoms with E-state index in [0.717, 1.165) is 27.8 Å². The minimum atomic E-state index is 0.674. The van der Waals surface area contributed by atoms with Crippen LogP contribution in [0.4, 0.5) is 5.69 Å². The number of pyridine rings is 1. The summed E-state index contributed by atoms with van der Waals surface area (Å²) >= 11 is 0. The Morgan fingerprint density at radius 1 is 0.885 bits per heavy atom. The Kier molecular flexibility index (Phi) is 4.32. The Morgan fingerprint density at radius 3 is 2.62 bits per heavy atom. The highest BCUT2D eigenvalue weighted by atomic mass is 14.9. The highest BCUT2D eigenvalue weighted by molar-refractivity contribution is 5.98. The van der Waals surface area contributed by atoms with Gasteiger partial charge in [0, 0.05) is 30.2 Å². The smallest absolute Gasteiger partial charge is 0.0998 e. The summed E-state index contributed by atoms with van der Waals surface area (Å²) in [6.07, 6.45) is 3.62. The average Bonchev–Trinajstić information content (AvgIpc) is 2.72. The molecule has 0 spiro atoms. The van der Waals surface area contributed by atoms with E-state index < -0.39 is 0 Å². The quantitative estimate of drug-likeness (QED) is 0.544. The maximum absolute atomic E-state index is 9.57. The second kappa shape index (κ2) is 7.08. The van der Waals surface area contributed by atoms with E-state index in [1.165, 1.54) is 5.39 Å². The Hall–Kier alpha value is -3.64. The lowest BCUT2D eigenvalue weighted by molar-refractivity contribution is 1.11. The zero-order valence-corrected chi connectivity index (χ0v) is 14.2. The molecule has 124 valence electrons. The zero-order chi connectivity index (χ0) is 17.8. The molecule has 0 fully saturated rings. The minimum Gasteiger partial charge on any atom is -0.381 e. The summed E-state index contributed by atoms with van der Waals surface area (Å²) < 4.78 is 0. The molecule has 3 nitrogen and oxygen atoms in total. The largest absolute Gasteiger partial charge is 0.381 e. The molecular formula is C23H17N3. The number of rotatable bonds is 4. The first-order chi connectivity index (χ1) is 12.8. The fourth-order valence-corrected chi connectivity index (χ4v) is 3.14. The summed E-state index contributed by atoms with van der Waals surface area (Å²) in [6.45, 7) is 0.689. The van der Waals surface area contributed by atoms with E-state index in [0.29, 0.717) is 12.1 Å². The van der Waals surface area contributed by atoms with Crippen molar-refractivity contribution in [2.45, 2.75) is 6.54 Å². The predicted octanol–water partition coefficient (Wildman–Crippen LogP) is 5.39. The third kappa shape index (κ3) is 3.13. The van der Waals surface area contributed by atoms with Gasteiger partial charge in [-0.2, -0.15) is 5.26 Å². The number of nitrogens with zero attached hydrogens (tertiary/aromatic N) is 2. The van der Waals surface area contributed by atoms with Gasteiger partial charge in [0.05, 0.1) is 11.6 Å². The van der Waals surface area contributed by atoms with Crippen LogP contribution in [0.15, 0.2) is 85.2 Å². The van der Waals surface area contributed by atoms with E-state index in [-0.39, 0.29) is 0 Å². The highest BCUT2D eigenvalue weighted by Crippen LogP contribution is 2.32. The van der Waals surface area contributed by atoms with E-state index in [9.17, 15) is 5.26 Å². The number of nitriles is 1. The van der Waals surface area contributed by atoms with Crippen molar-refractivity contribution in [3.8, 4) is 17.2 Å². The summed E-state index contributed by atoms with van der Waals surface area (Å²) in [6, 6.07) is 26.6. The van der Waals surface area contributed by atoms with Gasteiger partial charge >= 0.3 is 0 Å². The van der Waals surface area contributed by atoms with Crippen LogP contribution < -0.4 is 5.32 Å². The Morgan fingerprint density at radius 2 is 1.77 bits per heavy atom. The van der Waals surface area contributed by atoms with Gasteiger partial charge in [-0.3, -0.25) is 4.98 Å². The molecular weight excluding hydrogens is 318 g/mol. The number of anilines is 1. The third-order valence-electron chi connectivity index (χ3n) is 4.44. The van der Waals surface area contributed by atoms with Crippen molar-refractivity contribution in [2.24, 2.45) is 0 Å². The van der Waals surface area contributed by atoms with Crippen molar-refractivity contribution in [1.29, 1.82) is 5.26 Å². The normalized spacial score (nSPS) is 10.4. The monoisotopic (exact) mass is 335 g/mol. The van der Waals surface area contributed by atoms with Gasteiger partial charge in [0.25, 0.3) is 0 Å². The molecule has 0 aliphatic heterocycles. The Labute approximate surface area is 152 Å². The molecule has 0 bridgehead atoms. The predicted molar refractivity (Wildman–Crippen MR) is 106 cm³/mol. The second-order valence-corrected chi connectivity index (χ2v) is 6.11. The van der Waals surface area contributed by atoms with Crippen molar-refractivity contribution in [3.05, 3.63) is 96.3 Å². The molecule has 0 amide bonds. The van der Waals surface area contributed by atoms with Crippen molar-refractivity contribution >= 4 is 16.5 Å². The molecule has 0 unspecified atom stereocenters. The van der Waals surface area contributed by atoms with Gasteiger partial charge < -0.3 is 5.32 Å². The van der Waals surface area contributed by atoms with Gasteiger partial charge in [0.15, 0.2) is 0 Å². The van der Waals surface area contributed by atoms with Crippen LogP contribution in [0.3, 0.4) is 0 Å². The summed E-state index contributed by atoms with van der Waals surface area (Å²) in [7, 11) is 0. The number of hydrogen-bond acceptors (Lipinski definition) is 3. The number of benzene rings is 3. The second-order valence-electron chi connectivity index (χ2n) is 6.11. The number of nitrogens with one attached hydrogen (secondary N) is 1. The van der Waals surface area contributed by atoms with Gasteiger partial charge in [-0.25, -0.2) is 0 Å². The van der Waals surface area contributed by atoms with E-state index >= 15 is 0 Å². The molecule has 0 atom stereocenters. The summed E-state index contributed by atoms with van der Waals surface area (Å²) in [5.74, 6) is 0. The molecule has 3 heteroatoms. The van der Waals surface area contributed by atoms with Crippen LogP contribution in [0.25, 0.3) is 21.9 Å². The molecule has 26 heavy (non-hydrogen) atoms. The van der Waals surface area contributed by atoms with E-state index in [1.807, 2.05) is 48.7 Å². The number of hydrogen-bond donors (Lipinski definition) is 1. The van der Waals surface area contributed by atoms with E-state index in [2.05, 4.69) is 46.7 Å². The topological polar surface area (TPSA) is 48.7 Å². The lowest BCUT2D eigenvalue weighted by Crippen LogP contribution is -2.00. The fourth-order valence-electron chi connectivity index (χ4n) is 3.14. The van der Waals surface area contributed by atoms with Crippen molar-refractivity contribution < 1.29 is 0 Å². The maximum atomic E-state index is 9.57. The Bertz CT molecular complexity index is 1090. The van der Waals surface area contributed by atoms with Crippen LogP contribution in [0.2, 0.25) is 0 Å². The van der Waals surface area contributed by atoms with Crippen LogP contribution in [-0.2, 0) is 6.54 Å². The van der Waals surface area contributed by atoms with Crippen LogP contribution >= 0.6 is 0 Å². The molecule has 1 heterocycles. The molecule has 0 saturated carbocycles. The molecule has 4 aromatic rings. The first-order valence-corrected chi connectivity index (χ1v) is 8.50. The molecule has 0 aliphatic carbocycles. The molecule has 0 aliphatic rings. The standard InChI is InChI=1S/C23H17N3/c24-14-19-10-11-20(26-16-17-5-4-12-25-15-17)13-23(19)22-9-3-7-18-6-1-2-8-21(18)22/h1-13,15,26H,16H2. The molecule has 0 saturated heterocycles. The van der Waals surface area contributed by atoms with Crippen LogP contribution in [0.5, 0.6) is 0 Å². The SMILES string of the molecule is N#Cc1ccc(NCc2cccnc2)cc1-c1cccc2ccccc12. The average molecular weight is 335 g/mol. The van der Waals surface area contributed by atoms with Gasteiger partial charge in [-0.1, -0.05) is 48.5 Å². The molecule has 1 N–H and O–H groups in total. The molecule has 4 rings (SSSR count). The van der Waals surface area contributed by atoms with Crippen molar-refractivity contribution in [3.63, 3.8) is 0 Å². The Balaban J connectivity index is 1.74. The van der Waals surface area contributed by atoms with Crippen LogP contribution in [0, 0.1) is 11.3 Å². The lowest BCUT2D eigenvalue weighted by Gasteiger charge is -2.12. The molecule has 1 aromatic heterocycles. The fraction of sp³-hybridized carbons (Fsp3) is 0.0435. The first-order valence-electron chi connectivity index (χ1n) is 8.50. The first kappa shape index (κ1) is 15.9. The number of fused-ring (bicyclic) bond motifs is 1. The van der Waals surface area contributed by atoms with Crippen molar-refractivity contribution in [1.82, 2.24) is 4.98 Å². The maximum Gasteiger partial charge on any atom is 0.0998 e. The van der Waals surface area contributed by atoms with Gasteiger partial charge in [-0.05, 0) is 46.2 Å². The minimum absolute atomic E-state index is 0.674. The van der Waals surface area contributed by atoms with E-state index in [1.54, 1.807) is 6.20 Å². The molecule has 0 radical (unpaired) electrons. The van der Waals surface area contributed by atoms with Crippen molar-refractivity contribution in [2.75, 3.05) is 5.32 Å². The summed E-state index contributed by atoms with van der Waals surface area (Å²) in [5, 5.41) is 15.3. The lowest BCUT2D eigenvalue weighted by atomic mass is 9.94. The number of aromatic nitrogens is 1. The molecule has 3 aromatic carbocycles. The summed E-state index contributed by atoms with van der Waals surface area (Å²) in [4.78, 5) is 4.14. The highest BCUT2D eigenvalue weighted by Gasteiger charge is 2.09. The van der Waals surface area contributed by atoms with Crippen LogP contribution in [0.1, 0.15) is 11.1 Å². The van der Waals surface area contributed by atoms with E-state index in [4.69, 9.17) is 0 Å².